The van der Waals surface area contributed by atoms with Crippen LogP contribution in [0.4, 0.5) is 5.69 Å². The smallest absolute Gasteiger partial charge is 0.240 e. The van der Waals surface area contributed by atoms with Crippen molar-refractivity contribution in [2.45, 2.75) is 12.6 Å². The van der Waals surface area contributed by atoms with E-state index in [4.69, 9.17) is 4.74 Å². The van der Waals surface area contributed by atoms with Crippen LogP contribution in [-0.2, 0) is 16.1 Å². The highest BCUT2D eigenvalue weighted by Gasteiger charge is 2.26. The van der Waals surface area contributed by atoms with Gasteiger partial charge in [0.05, 0.1) is 19.3 Å². The van der Waals surface area contributed by atoms with Gasteiger partial charge in [0.25, 0.3) is 0 Å². The van der Waals surface area contributed by atoms with E-state index in [9.17, 15) is 4.79 Å². The van der Waals surface area contributed by atoms with Crippen LogP contribution in [0, 0.1) is 0 Å². The molecular formula is C16H23N3O2S. The number of ether oxygens (including phenoxy) is 1. The van der Waals surface area contributed by atoms with Gasteiger partial charge in [-0.05, 0) is 11.6 Å². The normalized spacial score (nSPS) is 21.9. The van der Waals surface area contributed by atoms with Crippen LogP contribution in [0.25, 0.3) is 0 Å². The van der Waals surface area contributed by atoms with Crippen LogP contribution in [-0.4, -0.2) is 61.8 Å². The minimum absolute atomic E-state index is 0.0365. The van der Waals surface area contributed by atoms with Gasteiger partial charge < -0.3 is 14.5 Å². The maximum absolute atomic E-state index is 12.5. The van der Waals surface area contributed by atoms with E-state index in [1.807, 2.05) is 18.0 Å². The van der Waals surface area contributed by atoms with Gasteiger partial charge in [-0.3, -0.25) is 10.1 Å². The third kappa shape index (κ3) is 3.56. The molecule has 2 aliphatic rings. The zero-order chi connectivity index (χ0) is 15.4. The van der Waals surface area contributed by atoms with Gasteiger partial charge in [0.15, 0.2) is 0 Å². The highest BCUT2D eigenvalue weighted by Crippen LogP contribution is 2.23. The van der Waals surface area contributed by atoms with Crippen LogP contribution in [0.3, 0.4) is 0 Å². The van der Waals surface area contributed by atoms with Crippen LogP contribution in [0.2, 0.25) is 0 Å². The second kappa shape index (κ2) is 7.35. The van der Waals surface area contributed by atoms with E-state index in [0.29, 0.717) is 6.54 Å². The number of rotatable bonds is 4. The molecule has 1 aromatic carbocycles. The van der Waals surface area contributed by atoms with Crippen LogP contribution in [0.5, 0.6) is 0 Å². The molecule has 1 amide bonds. The Labute approximate surface area is 136 Å². The van der Waals surface area contributed by atoms with Gasteiger partial charge in [0.1, 0.15) is 0 Å². The Kier molecular flexibility index (Phi) is 5.23. The van der Waals surface area contributed by atoms with Gasteiger partial charge in [-0.15, -0.1) is 11.8 Å². The monoisotopic (exact) mass is 321 g/mol. The number of benzene rings is 1. The molecule has 120 valence electrons. The molecule has 2 heterocycles. The fourth-order valence-electron chi connectivity index (χ4n) is 2.91. The molecule has 1 aromatic rings. The van der Waals surface area contributed by atoms with Gasteiger partial charge >= 0.3 is 0 Å². The van der Waals surface area contributed by atoms with Gasteiger partial charge in [0, 0.05) is 44.0 Å². The molecule has 0 aliphatic carbocycles. The zero-order valence-electron chi connectivity index (χ0n) is 13.0. The summed E-state index contributed by atoms with van der Waals surface area (Å²) in [5, 5.41) is 3.25. The molecule has 5 nitrogen and oxygen atoms in total. The molecule has 0 spiro atoms. The number of anilines is 1. The molecule has 0 saturated carbocycles. The van der Waals surface area contributed by atoms with E-state index in [1.54, 1.807) is 11.8 Å². The second-order valence-electron chi connectivity index (χ2n) is 5.69. The number of carbonyl (C=O) groups excluding carboxylic acids is 1. The number of amides is 1. The van der Waals surface area contributed by atoms with E-state index < -0.39 is 0 Å². The predicted octanol–water partition coefficient (Wildman–Crippen LogP) is 1.14. The highest BCUT2D eigenvalue weighted by atomic mass is 32.2. The molecular weight excluding hydrogens is 298 g/mol. The molecule has 2 saturated heterocycles. The second-order valence-corrected chi connectivity index (χ2v) is 6.72. The van der Waals surface area contributed by atoms with Crippen molar-refractivity contribution >= 4 is 23.4 Å². The fourth-order valence-corrected chi connectivity index (χ4v) is 3.84. The number of nitrogens with zero attached hydrogens (tertiary/aromatic N) is 2. The standard InChI is InChI=1S/C16H23N3O2S/c1-18(16(20)14-11-22-12-17-14)10-13-4-2-3-5-15(13)19-6-8-21-9-7-19/h2-5,14,17H,6-12H2,1H3/t14-/m0/s1. The number of hydrogen-bond acceptors (Lipinski definition) is 5. The van der Waals surface area contributed by atoms with Gasteiger partial charge in [-0.1, -0.05) is 18.2 Å². The number of morpholine rings is 1. The van der Waals surface area contributed by atoms with E-state index in [1.165, 1.54) is 11.3 Å². The molecule has 1 atom stereocenters. The van der Waals surface area contributed by atoms with Crippen LogP contribution in [0.15, 0.2) is 24.3 Å². The third-order valence-electron chi connectivity index (χ3n) is 4.14. The Bertz CT molecular complexity index is 514. The lowest BCUT2D eigenvalue weighted by Gasteiger charge is -2.31. The summed E-state index contributed by atoms with van der Waals surface area (Å²) in [6.07, 6.45) is 0. The summed E-state index contributed by atoms with van der Waals surface area (Å²) in [7, 11) is 1.89. The number of nitrogens with one attached hydrogen (secondary N) is 1. The van der Waals surface area contributed by atoms with Gasteiger partial charge in [0.2, 0.25) is 5.91 Å². The van der Waals surface area contributed by atoms with Crippen LogP contribution < -0.4 is 10.2 Å². The molecule has 3 rings (SSSR count). The fraction of sp³-hybridized carbons (Fsp3) is 0.562. The van der Waals surface area contributed by atoms with Crippen molar-refractivity contribution < 1.29 is 9.53 Å². The quantitative estimate of drug-likeness (QED) is 0.901. The number of likely N-dealkylation sites (N-methyl/N-ethyl adjacent to an activating group) is 1. The summed E-state index contributed by atoms with van der Waals surface area (Å²) in [4.78, 5) is 16.6. The Balaban J connectivity index is 1.69. The summed E-state index contributed by atoms with van der Waals surface area (Å²) in [5.74, 6) is 1.92. The SMILES string of the molecule is CN(Cc1ccccc1N1CCOCC1)C(=O)[C@@H]1CSCN1. The minimum atomic E-state index is -0.0365. The number of thioether (sulfide) groups is 1. The van der Waals surface area contributed by atoms with Crippen molar-refractivity contribution in [2.24, 2.45) is 0 Å². The lowest BCUT2D eigenvalue weighted by molar-refractivity contribution is -0.131. The summed E-state index contributed by atoms with van der Waals surface area (Å²) >= 11 is 1.78. The molecule has 2 fully saturated rings. The number of carbonyl (C=O) groups is 1. The van der Waals surface area contributed by atoms with E-state index in [0.717, 1.165) is 37.9 Å². The van der Waals surface area contributed by atoms with Crippen molar-refractivity contribution in [3.8, 4) is 0 Å². The maximum Gasteiger partial charge on any atom is 0.240 e. The average molecular weight is 321 g/mol. The lowest BCUT2D eigenvalue weighted by atomic mass is 10.1. The van der Waals surface area contributed by atoms with Crippen LogP contribution >= 0.6 is 11.8 Å². The molecule has 0 aromatic heterocycles. The molecule has 0 radical (unpaired) electrons. The van der Waals surface area contributed by atoms with Gasteiger partial charge in [-0.25, -0.2) is 0 Å². The van der Waals surface area contributed by atoms with Crippen molar-refractivity contribution in [3.63, 3.8) is 0 Å². The minimum Gasteiger partial charge on any atom is -0.378 e. The van der Waals surface area contributed by atoms with Crippen LogP contribution in [0.1, 0.15) is 5.56 Å². The Hall–Kier alpha value is -1.24. The van der Waals surface area contributed by atoms with Crippen molar-refractivity contribution in [1.82, 2.24) is 10.2 Å². The first-order chi connectivity index (χ1) is 10.8. The largest absolute Gasteiger partial charge is 0.378 e. The van der Waals surface area contributed by atoms with E-state index in [2.05, 4.69) is 28.4 Å². The lowest BCUT2D eigenvalue weighted by Crippen LogP contribution is -2.43. The van der Waals surface area contributed by atoms with E-state index in [-0.39, 0.29) is 11.9 Å². The van der Waals surface area contributed by atoms with Crippen molar-refractivity contribution in [3.05, 3.63) is 29.8 Å². The molecule has 0 unspecified atom stereocenters. The highest BCUT2D eigenvalue weighted by molar-refractivity contribution is 7.99. The Morgan fingerprint density at radius 2 is 2.18 bits per heavy atom. The van der Waals surface area contributed by atoms with Gasteiger partial charge in [-0.2, -0.15) is 0 Å². The Morgan fingerprint density at radius 1 is 1.41 bits per heavy atom. The third-order valence-corrected chi connectivity index (χ3v) is 5.08. The molecule has 6 heteroatoms. The first-order valence-corrected chi connectivity index (χ1v) is 8.88. The summed E-state index contributed by atoms with van der Waals surface area (Å²) < 4.78 is 5.43. The first kappa shape index (κ1) is 15.6. The summed E-state index contributed by atoms with van der Waals surface area (Å²) in [6, 6.07) is 8.33. The first-order valence-electron chi connectivity index (χ1n) is 7.72. The number of hydrogen-bond donors (Lipinski definition) is 1. The topological polar surface area (TPSA) is 44.8 Å². The summed E-state index contributed by atoms with van der Waals surface area (Å²) in [5.41, 5.74) is 2.42. The van der Waals surface area contributed by atoms with E-state index >= 15 is 0 Å². The molecule has 1 N–H and O–H groups in total. The molecule has 22 heavy (non-hydrogen) atoms. The zero-order valence-corrected chi connectivity index (χ0v) is 13.8. The average Bonchev–Trinajstić information content (AvgIpc) is 3.10. The molecule has 0 bridgehead atoms. The number of para-hydroxylation sites is 1. The Morgan fingerprint density at radius 3 is 2.91 bits per heavy atom. The predicted molar refractivity (Wildman–Crippen MR) is 90.2 cm³/mol. The maximum atomic E-state index is 12.5. The van der Waals surface area contributed by atoms with Crippen molar-refractivity contribution in [2.75, 3.05) is 49.9 Å². The summed E-state index contributed by atoms with van der Waals surface area (Å²) in [6.45, 7) is 4.01. The van der Waals surface area contributed by atoms with Crippen molar-refractivity contribution in [1.29, 1.82) is 0 Å². The molecule has 2 aliphatic heterocycles.